The number of carbonyl (C=O) groups excluding carboxylic acids is 1. The van der Waals surface area contributed by atoms with E-state index in [0.29, 0.717) is 11.3 Å². The number of nitrogens with one attached hydrogen (secondary N) is 2. The third-order valence-electron chi connectivity index (χ3n) is 3.72. The summed E-state index contributed by atoms with van der Waals surface area (Å²) in [6, 6.07) is 11.8. The molecule has 0 heterocycles. The summed E-state index contributed by atoms with van der Waals surface area (Å²) in [6.07, 6.45) is 1.83. The molecule has 3 rings (SSSR count). The lowest BCUT2D eigenvalue weighted by molar-refractivity contribution is -0.117. The maximum atomic E-state index is 13.2. The van der Waals surface area contributed by atoms with Gasteiger partial charge in [-0.15, -0.1) is 0 Å². The van der Waals surface area contributed by atoms with E-state index in [9.17, 15) is 17.6 Å². The van der Waals surface area contributed by atoms with Crippen LogP contribution in [-0.4, -0.2) is 14.3 Å². The van der Waals surface area contributed by atoms with E-state index in [1.165, 1.54) is 18.2 Å². The van der Waals surface area contributed by atoms with E-state index in [0.717, 1.165) is 18.9 Å². The van der Waals surface area contributed by atoms with Crippen molar-refractivity contribution in [3.8, 4) is 0 Å². The van der Waals surface area contributed by atoms with E-state index in [1.54, 1.807) is 24.3 Å². The molecule has 126 valence electrons. The van der Waals surface area contributed by atoms with Gasteiger partial charge in [-0.3, -0.25) is 4.79 Å². The van der Waals surface area contributed by atoms with Crippen molar-refractivity contribution in [2.24, 2.45) is 5.92 Å². The van der Waals surface area contributed by atoms with E-state index in [2.05, 4.69) is 10.0 Å². The second-order valence-electron chi connectivity index (χ2n) is 5.75. The second kappa shape index (κ2) is 6.70. The summed E-state index contributed by atoms with van der Waals surface area (Å²) in [6.45, 7) is 0.0476. The van der Waals surface area contributed by atoms with Crippen LogP contribution in [0.3, 0.4) is 0 Å². The molecule has 1 aliphatic carbocycles. The Labute approximate surface area is 139 Å². The first kappa shape index (κ1) is 16.6. The smallest absolute Gasteiger partial charge is 0.240 e. The van der Waals surface area contributed by atoms with Crippen molar-refractivity contribution < 1.29 is 17.6 Å². The van der Waals surface area contributed by atoms with Gasteiger partial charge in [0.25, 0.3) is 0 Å². The summed E-state index contributed by atoms with van der Waals surface area (Å²) in [5.74, 6) is -0.518. The summed E-state index contributed by atoms with van der Waals surface area (Å²) in [4.78, 5) is 11.6. The zero-order valence-electron chi connectivity index (χ0n) is 12.8. The van der Waals surface area contributed by atoms with E-state index in [-0.39, 0.29) is 23.3 Å². The first-order valence-corrected chi connectivity index (χ1v) is 9.07. The standard InChI is InChI=1S/C17H17FN2O3S/c18-14-4-2-6-16(10-14)24(22,23)19-11-12-3-1-5-15(9-12)20-17(21)13-7-8-13/h1-6,9-10,13,19H,7-8,11H2,(H,20,21). The zero-order valence-corrected chi connectivity index (χ0v) is 13.6. The second-order valence-corrected chi connectivity index (χ2v) is 7.51. The van der Waals surface area contributed by atoms with Gasteiger partial charge in [-0.05, 0) is 48.7 Å². The van der Waals surface area contributed by atoms with Gasteiger partial charge in [-0.2, -0.15) is 0 Å². The van der Waals surface area contributed by atoms with E-state index < -0.39 is 15.8 Å². The fourth-order valence-electron chi connectivity index (χ4n) is 2.24. The molecule has 0 spiro atoms. The molecule has 0 bridgehead atoms. The number of hydrogen-bond acceptors (Lipinski definition) is 3. The quantitative estimate of drug-likeness (QED) is 0.843. The molecule has 0 aromatic heterocycles. The lowest BCUT2D eigenvalue weighted by Gasteiger charge is -2.09. The highest BCUT2D eigenvalue weighted by Gasteiger charge is 2.29. The zero-order chi connectivity index (χ0) is 17.2. The van der Waals surface area contributed by atoms with Crippen molar-refractivity contribution in [3.05, 3.63) is 59.9 Å². The van der Waals surface area contributed by atoms with Gasteiger partial charge < -0.3 is 5.32 Å². The summed E-state index contributed by atoms with van der Waals surface area (Å²) < 4.78 is 39.9. The van der Waals surface area contributed by atoms with Crippen LogP contribution < -0.4 is 10.0 Å². The SMILES string of the molecule is O=C(Nc1cccc(CNS(=O)(=O)c2cccc(F)c2)c1)C1CC1. The maximum Gasteiger partial charge on any atom is 0.240 e. The molecular weight excluding hydrogens is 331 g/mol. The number of carbonyl (C=O) groups is 1. The van der Waals surface area contributed by atoms with Crippen LogP contribution in [0.15, 0.2) is 53.4 Å². The number of hydrogen-bond donors (Lipinski definition) is 2. The number of amides is 1. The normalized spacial score (nSPS) is 14.4. The molecule has 2 aromatic rings. The fraction of sp³-hybridized carbons (Fsp3) is 0.235. The molecule has 1 fully saturated rings. The minimum atomic E-state index is -3.80. The van der Waals surface area contributed by atoms with Crippen LogP contribution in [-0.2, 0) is 21.4 Å². The third kappa shape index (κ3) is 4.18. The summed E-state index contributed by atoms with van der Waals surface area (Å²) >= 11 is 0. The van der Waals surface area contributed by atoms with Crippen LogP contribution in [0.25, 0.3) is 0 Å². The van der Waals surface area contributed by atoms with Gasteiger partial charge in [0, 0.05) is 18.2 Å². The number of halogens is 1. The molecule has 1 saturated carbocycles. The summed E-state index contributed by atoms with van der Waals surface area (Å²) in [5, 5.41) is 2.81. The van der Waals surface area contributed by atoms with Gasteiger partial charge in [0.15, 0.2) is 0 Å². The molecule has 0 saturated heterocycles. The highest BCUT2D eigenvalue weighted by atomic mass is 32.2. The van der Waals surface area contributed by atoms with Gasteiger partial charge in [0.2, 0.25) is 15.9 Å². The topological polar surface area (TPSA) is 75.3 Å². The van der Waals surface area contributed by atoms with Crippen LogP contribution in [0.4, 0.5) is 10.1 Å². The third-order valence-corrected chi connectivity index (χ3v) is 5.11. The molecule has 1 aliphatic rings. The van der Waals surface area contributed by atoms with Crippen LogP contribution in [0.1, 0.15) is 18.4 Å². The maximum absolute atomic E-state index is 13.2. The van der Waals surface area contributed by atoms with Crippen molar-refractivity contribution in [3.63, 3.8) is 0 Å². The Morgan fingerprint density at radius 2 is 1.88 bits per heavy atom. The van der Waals surface area contributed by atoms with Crippen molar-refractivity contribution in [2.75, 3.05) is 5.32 Å². The largest absolute Gasteiger partial charge is 0.326 e. The van der Waals surface area contributed by atoms with E-state index >= 15 is 0 Å². The Kier molecular flexibility index (Phi) is 4.64. The Bertz CT molecular complexity index is 864. The van der Waals surface area contributed by atoms with Crippen molar-refractivity contribution >= 4 is 21.6 Å². The lowest BCUT2D eigenvalue weighted by atomic mass is 10.2. The molecule has 24 heavy (non-hydrogen) atoms. The Hall–Kier alpha value is -2.25. The van der Waals surface area contributed by atoms with Crippen LogP contribution in [0, 0.1) is 11.7 Å². The molecule has 1 amide bonds. The average molecular weight is 348 g/mol. The minimum absolute atomic E-state index is 0.00695. The van der Waals surface area contributed by atoms with Crippen LogP contribution in [0.5, 0.6) is 0 Å². The predicted octanol–water partition coefficient (Wildman–Crippen LogP) is 2.65. The van der Waals surface area contributed by atoms with Crippen molar-refractivity contribution in [1.29, 1.82) is 0 Å². The van der Waals surface area contributed by atoms with Gasteiger partial charge in [0.05, 0.1) is 4.90 Å². The molecule has 7 heteroatoms. The Balaban J connectivity index is 1.66. The van der Waals surface area contributed by atoms with Crippen molar-refractivity contribution in [1.82, 2.24) is 4.72 Å². The first-order valence-electron chi connectivity index (χ1n) is 7.59. The van der Waals surface area contributed by atoms with E-state index in [1.807, 2.05) is 0 Å². The van der Waals surface area contributed by atoms with Gasteiger partial charge in [-0.25, -0.2) is 17.5 Å². The highest BCUT2D eigenvalue weighted by Crippen LogP contribution is 2.30. The Morgan fingerprint density at radius 3 is 2.58 bits per heavy atom. The molecule has 2 N–H and O–H groups in total. The molecule has 0 atom stereocenters. The lowest BCUT2D eigenvalue weighted by Crippen LogP contribution is -2.23. The average Bonchev–Trinajstić information content (AvgIpc) is 3.38. The minimum Gasteiger partial charge on any atom is -0.326 e. The number of benzene rings is 2. The van der Waals surface area contributed by atoms with Crippen LogP contribution in [0.2, 0.25) is 0 Å². The molecule has 0 radical (unpaired) electrons. The number of rotatable bonds is 6. The highest BCUT2D eigenvalue weighted by molar-refractivity contribution is 7.89. The van der Waals surface area contributed by atoms with Gasteiger partial charge in [0.1, 0.15) is 5.82 Å². The Morgan fingerprint density at radius 1 is 1.12 bits per heavy atom. The van der Waals surface area contributed by atoms with Gasteiger partial charge in [-0.1, -0.05) is 18.2 Å². The molecule has 0 unspecified atom stereocenters. The molecule has 0 aliphatic heterocycles. The summed E-state index contributed by atoms with van der Waals surface area (Å²) in [5.41, 5.74) is 1.33. The monoisotopic (exact) mass is 348 g/mol. The molecular formula is C17H17FN2O3S. The van der Waals surface area contributed by atoms with E-state index in [4.69, 9.17) is 0 Å². The van der Waals surface area contributed by atoms with Gasteiger partial charge >= 0.3 is 0 Å². The first-order chi connectivity index (χ1) is 11.4. The molecule has 5 nitrogen and oxygen atoms in total. The fourth-order valence-corrected chi connectivity index (χ4v) is 3.29. The number of anilines is 1. The van der Waals surface area contributed by atoms with Crippen LogP contribution >= 0.6 is 0 Å². The van der Waals surface area contributed by atoms with Crippen molar-refractivity contribution in [2.45, 2.75) is 24.3 Å². The number of sulfonamides is 1. The predicted molar refractivity (Wildman–Crippen MR) is 88.2 cm³/mol. The summed E-state index contributed by atoms with van der Waals surface area (Å²) in [7, 11) is -3.80. The molecule has 2 aromatic carbocycles.